The van der Waals surface area contributed by atoms with Crippen molar-refractivity contribution in [3.8, 4) is 5.75 Å². The first-order valence-corrected chi connectivity index (χ1v) is 11.5. The number of amides is 1. The molecule has 28 heavy (non-hydrogen) atoms. The number of para-hydroxylation sites is 1. The van der Waals surface area contributed by atoms with Crippen LogP contribution in [0.25, 0.3) is 0 Å². The molecule has 0 spiro atoms. The molecule has 150 valence electrons. The molecule has 0 radical (unpaired) electrons. The number of sulfonamides is 1. The predicted octanol–water partition coefficient (Wildman–Crippen LogP) is 3.63. The van der Waals surface area contributed by atoms with E-state index in [2.05, 4.69) is 21.2 Å². The van der Waals surface area contributed by atoms with Crippen LogP contribution in [0.15, 0.2) is 53.0 Å². The zero-order chi connectivity index (χ0) is 20.5. The highest BCUT2D eigenvalue weighted by molar-refractivity contribution is 9.10. The second kappa shape index (κ2) is 7.75. The fourth-order valence-corrected chi connectivity index (χ4v) is 4.43. The lowest BCUT2D eigenvalue weighted by Crippen LogP contribution is -2.45. The van der Waals surface area contributed by atoms with Gasteiger partial charge in [-0.2, -0.15) is 0 Å². The molecule has 2 aromatic carbocycles. The van der Waals surface area contributed by atoms with Gasteiger partial charge in [0.1, 0.15) is 17.9 Å². The van der Waals surface area contributed by atoms with Gasteiger partial charge in [0.15, 0.2) is 0 Å². The summed E-state index contributed by atoms with van der Waals surface area (Å²) in [6, 6.07) is 14.1. The number of hydrogen-bond acceptors (Lipinski definition) is 4. The van der Waals surface area contributed by atoms with Crippen molar-refractivity contribution in [2.75, 3.05) is 17.1 Å². The van der Waals surface area contributed by atoms with Gasteiger partial charge in [0, 0.05) is 16.5 Å². The maximum Gasteiger partial charge on any atom is 0.241 e. The summed E-state index contributed by atoms with van der Waals surface area (Å²) in [5, 5.41) is 2.98. The van der Waals surface area contributed by atoms with Crippen LogP contribution in [-0.4, -0.2) is 32.7 Å². The summed E-state index contributed by atoms with van der Waals surface area (Å²) in [5.74, 6) is 0.364. The minimum atomic E-state index is -3.62. The van der Waals surface area contributed by atoms with E-state index < -0.39 is 15.6 Å². The van der Waals surface area contributed by atoms with E-state index >= 15 is 0 Å². The normalized spacial score (nSPS) is 17.9. The Kier molecular flexibility index (Phi) is 5.72. The first kappa shape index (κ1) is 20.7. The van der Waals surface area contributed by atoms with E-state index in [0.717, 1.165) is 26.3 Å². The summed E-state index contributed by atoms with van der Waals surface area (Å²) in [6.45, 7) is 3.64. The summed E-state index contributed by atoms with van der Waals surface area (Å²) >= 11 is 3.33. The van der Waals surface area contributed by atoms with Crippen LogP contribution in [0.3, 0.4) is 0 Å². The lowest BCUT2D eigenvalue weighted by atomic mass is 9.89. The van der Waals surface area contributed by atoms with Crippen LogP contribution in [0.4, 0.5) is 5.69 Å². The number of halogens is 1. The monoisotopic (exact) mass is 466 g/mol. The largest absolute Gasteiger partial charge is 0.487 e. The van der Waals surface area contributed by atoms with Gasteiger partial charge in [-0.25, -0.2) is 8.42 Å². The number of nitrogens with one attached hydrogen (secondary N) is 1. The zero-order valence-electron chi connectivity index (χ0n) is 16.0. The molecule has 2 aromatic rings. The molecule has 1 atom stereocenters. The SMILES string of the molecule is CC1(C)CC(NC(=O)CN(c2ccc(Br)cc2)S(C)(=O)=O)c2ccccc2O1. The second-order valence-corrected chi connectivity index (χ2v) is 10.3. The molecule has 1 amide bonds. The smallest absolute Gasteiger partial charge is 0.241 e. The van der Waals surface area contributed by atoms with E-state index in [1.165, 1.54) is 0 Å². The quantitative estimate of drug-likeness (QED) is 0.729. The van der Waals surface area contributed by atoms with Crippen molar-refractivity contribution < 1.29 is 17.9 Å². The lowest BCUT2D eigenvalue weighted by Gasteiger charge is -2.38. The summed E-state index contributed by atoms with van der Waals surface area (Å²) < 4.78 is 32.4. The molecule has 6 nitrogen and oxygen atoms in total. The molecule has 3 rings (SSSR count). The molecule has 1 unspecified atom stereocenters. The Morgan fingerprint density at radius 2 is 1.86 bits per heavy atom. The summed E-state index contributed by atoms with van der Waals surface area (Å²) in [5.41, 5.74) is 0.896. The third kappa shape index (κ3) is 4.86. The first-order chi connectivity index (χ1) is 13.0. The van der Waals surface area contributed by atoms with E-state index in [-0.39, 0.29) is 18.5 Å². The van der Waals surface area contributed by atoms with Crippen molar-refractivity contribution in [3.05, 3.63) is 58.6 Å². The number of fused-ring (bicyclic) bond motifs is 1. The first-order valence-electron chi connectivity index (χ1n) is 8.86. The minimum Gasteiger partial charge on any atom is -0.487 e. The van der Waals surface area contributed by atoms with Gasteiger partial charge in [-0.3, -0.25) is 9.10 Å². The molecular weight excluding hydrogens is 444 g/mol. The van der Waals surface area contributed by atoms with Crippen molar-refractivity contribution >= 4 is 37.5 Å². The third-order valence-electron chi connectivity index (χ3n) is 4.51. The maximum atomic E-state index is 12.8. The molecule has 0 saturated carbocycles. The number of nitrogens with zero attached hydrogens (tertiary/aromatic N) is 1. The van der Waals surface area contributed by atoms with Gasteiger partial charge >= 0.3 is 0 Å². The zero-order valence-corrected chi connectivity index (χ0v) is 18.4. The summed E-state index contributed by atoms with van der Waals surface area (Å²) in [6.07, 6.45) is 1.68. The van der Waals surface area contributed by atoms with Crippen molar-refractivity contribution in [1.82, 2.24) is 5.32 Å². The third-order valence-corrected chi connectivity index (χ3v) is 6.18. The van der Waals surface area contributed by atoms with E-state index in [1.54, 1.807) is 24.3 Å². The van der Waals surface area contributed by atoms with Crippen molar-refractivity contribution in [3.63, 3.8) is 0 Å². The highest BCUT2D eigenvalue weighted by Crippen LogP contribution is 2.39. The molecule has 1 heterocycles. The summed E-state index contributed by atoms with van der Waals surface area (Å²) in [7, 11) is -3.62. The van der Waals surface area contributed by atoms with Gasteiger partial charge in [-0.05, 0) is 44.2 Å². The Bertz CT molecular complexity index is 974. The number of ether oxygens (including phenoxy) is 1. The van der Waals surface area contributed by atoms with E-state index in [0.29, 0.717) is 12.1 Å². The molecule has 0 aliphatic carbocycles. The summed E-state index contributed by atoms with van der Waals surface area (Å²) in [4.78, 5) is 12.8. The van der Waals surface area contributed by atoms with E-state index in [1.807, 2.05) is 38.1 Å². The number of rotatable bonds is 5. The highest BCUT2D eigenvalue weighted by Gasteiger charge is 2.34. The highest BCUT2D eigenvalue weighted by atomic mass is 79.9. The number of hydrogen-bond donors (Lipinski definition) is 1. The number of benzene rings is 2. The van der Waals surface area contributed by atoms with Crippen molar-refractivity contribution in [1.29, 1.82) is 0 Å². The van der Waals surface area contributed by atoms with Crippen molar-refractivity contribution in [2.45, 2.75) is 31.9 Å². The second-order valence-electron chi connectivity index (χ2n) is 7.47. The lowest BCUT2D eigenvalue weighted by molar-refractivity contribution is -0.120. The van der Waals surface area contributed by atoms with Crippen LogP contribution in [0, 0.1) is 0 Å². The van der Waals surface area contributed by atoms with Crippen LogP contribution in [0.1, 0.15) is 31.9 Å². The average molecular weight is 467 g/mol. The number of anilines is 1. The van der Waals surface area contributed by atoms with Crippen molar-refractivity contribution in [2.24, 2.45) is 0 Å². The standard InChI is InChI=1S/C20H23BrN2O4S/c1-20(2)12-17(16-6-4-5-7-18(16)27-20)22-19(24)13-23(28(3,25)26)15-10-8-14(21)9-11-15/h4-11,17H,12-13H2,1-3H3,(H,22,24). The molecule has 0 fully saturated rings. The van der Waals surface area contributed by atoms with Crippen LogP contribution < -0.4 is 14.4 Å². The fraction of sp³-hybridized carbons (Fsp3) is 0.350. The van der Waals surface area contributed by atoms with Gasteiger partial charge < -0.3 is 10.1 Å². The van der Waals surface area contributed by atoms with Crippen LogP contribution in [-0.2, 0) is 14.8 Å². The van der Waals surface area contributed by atoms with E-state index in [4.69, 9.17) is 4.74 Å². The molecular formula is C20H23BrN2O4S. The molecule has 0 aromatic heterocycles. The predicted molar refractivity (Wildman–Crippen MR) is 113 cm³/mol. The average Bonchev–Trinajstić information content (AvgIpc) is 2.59. The number of carbonyl (C=O) groups is 1. The topological polar surface area (TPSA) is 75.7 Å². The fourth-order valence-electron chi connectivity index (χ4n) is 3.31. The number of carbonyl (C=O) groups excluding carboxylic acids is 1. The molecule has 0 bridgehead atoms. The van der Waals surface area contributed by atoms with E-state index in [9.17, 15) is 13.2 Å². The Labute approximate surface area is 174 Å². The Hall–Kier alpha value is -2.06. The molecule has 0 saturated heterocycles. The minimum absolute atomic E-state index is 0.251. The van der Waals surface area contributed by atoms with Crippen LogP contribution in [0.2, 0.25) is 0 Å². The van der Waals surface area contributed by atoms with Gasteiger partial charge in [-0.1, -0.05) is 34.1 Å². The van der Waals surface area contributed by atoms with Gasteiger partial charge in [-0.15, -0.1) is 0 Å². The molecule has 8 heteroatoms. The maximum absolute atomic E-state index is 12.8. The van der Waals surface area contributed by atoms with Gasteiger partial charge in [0.05, 0.1) is 18.0 Å². The van der Waals surface area contributed by atoms with Crippen LogP contribution in [0.5, 0.6) is 5.75 Å². The molecule has 1 aliphatic heterocycles. The Balaban J connectivity index is 1.81. The van der Waals surface area contributed by atoms with Crippen LogP contribution >= 0.6 is 15.9 Å². The molecule has 1 N–H and O–H groups in total. The van der Waals surface area contributed by atoms with Gasteiger partial charge in [0.25, 0.3) is 0 Å². The molecule has 1 aliphatic rings. The Morgan fingerprint density at radius 3 is 2.50 bits per heavy atom. The Morgan fingerprint density at radius 1 is 1.21 bits per heavy atom. The van der Waals surface area contributed by atoms with Gasteiger partial charge in [0.2, 0.25) is 15.9 Å².